The van der Waals surface area contributed by atoms with E-state index in [-0.39, 0.29) is 29.2 Å². The molecule has 2 N–H and O–H groups in total. The number of fused-ring (bicyclic) bond motifs is 4. The Hall–Kier alpha value is -3.99. The van der Waals surface area contributed by atoms with Crippen LogP contribution >= 0.6 is 18.8 Å². The number of amides is 4. The smallest absolute Gasteiger partial charge is 0.260 e. The highest BCUT2D eigenvalue weighted by atomic mass is 31.0. The Morgan fingerprint density at radius 3 is 1.88 bits per heavy atom. The SMILES string of the molecule is CC1(C#N)Cc2ccccc2C(=O)N1CCNP.CC12CCCCN1C(=O)c1ccccc1C2.O=C1Cc2ccccc2C(=O)N1CCNP. The minimum Gasteiger partial charge on any atom is -0.333 e. The summed E-state index contributed by atoms with van der Waals surface area (Å²) in [5.74, 6) is -0.124. The molecule has 0 aromatic heterocycles. The van der Waals surface area contributed by atoms with E-state index in [1.807, 2.05) is 67.6 Å². The number of nitriles is 1. The Morgan fingerprint density at radius 2 is 1.26 bits per heavy atom. The number of nitrogens with zero attached hydrogens (tertiary/aromatic N) is 4. The van der Waals surface area contributed by atoms with Crippen LogP contribution in [0.3, 0.4) is 0 Å². The number of nitrogens with one attached hydrogen (secondary N) is 2. The van der Waals surface area contributed by atoms with Crippen molar-refractivity contribution in [1.29, 1.82) is 5.26 Å². The summed E-state index contributed by atoms with van der Waals surface area (Å²) in [7, 11) is 4.76. The van der Waals surface area contributed by atoms with Crippen LogP contribution in [-0.4, -0.2) is 82.1 Å². The summed E-state index contributed by atoms with van der Waals surface area (Å²) in [5, 5.41) is 15.2. The van der Waals surface area contributed by atoms with Crippen LogP contribution in [0.25, 0.3) is 0 Å². The average molecular weight is 713 g/mol. The van der Waals surface area contributed by atoms with Crippen LogP contribution in [0, 0.1) is 11.3 Å². The lowest BCUT2D eigenvalue weighted by Crippen LogP contribution is -2.56. The van der Waals surface area contributed by atoms with E-state index >= 15 is 0 Å². The molecule has 4 unspecified atom stereocenters. The van der Waals surface area contributed by atoms with Gasteiger partial charge in [-0.1, -0.05) is 73.4 Å². The van der Waals surface area contributed by atoms with E-state index in [4.69, 9.17) is 0 Å². The quantitative estimate of drug-likeness (QED) is 0.284. The van der Waals surface area contributed by atoms with E-state index in [2.05, 4.69) is 52.9 Å². The van der Waals surface area contributed by atoms with Gasteiger partial charge in [0.2, 0.25) is 5.91 Å². The Kier molecular flexibility index (Phi) is 12.2. The first-order valence-electron chi connectivity index (χ1n) is 17.1. The predicted molar refractivity (Wildman–Crippen MR) is 200 cm³/mol. The van der Waals surface area contributed by atoms with E-state index in [1.54, 1.807) is 11.0 Å². The first-order valence-corrected chi connectivity index (χ1v) is 18.2. The molecular weight excluding hydrogens is 666 g/mol. The van der Waals surface area contributed by atoms with Crippen molar-refractivity contribution in [2.45, 2.75) is 63.5 Å². The third-order valence-electron chi connectivity index (χ3n) is 10.0. The molecule has 4 heterocycles. The molecule has 1 saturated heterocycles. The zero-order chi connectivity index (χ0) is 35.9. The summed E-state index contributed by atoms with van der Waals surface area (Å²) in [6.45, 7) is 7.17. The van der Waals surface area contributed by atoms with Gasteiger partial charge in [0.15, 0.2) is 0 Å². The molecule has 1 fully saturated rings. The van der Waals surface area contributed by atoms with Gasteiger partial charge < -0.3 is 9.80 Å². The molecule has 50 heavy (non-hydrogen) atoms. The van der Waals surface area contributed by atoms with Crippen LogP contribution in [0.4, 0.5) is 0 Å². The molecule has 4 aliphatic rings. The fraction of sp³-hybridized carbons (Fsp3) is 0.395. The van der Waals surface area contributed by atoms with Gasteiger partial charge in [0.1, 0.15) is 5.54 Å². The van der Waals surface area contributed by atoms with Crippen molar-refractivity contribution in [2.24, 2.45) is 0 Å². The molecule has 0 saturated carbocycles. The lowest BCUT2D eigenvalue weighted by atomic mass is 9.78. The number of carbonyl (C=O) groups is 4. The molecule has 7 rings (SSSR count). The van der Waals surface area contributed by atoms with E-state index < -0.39 is 5.54 Å². The lowest BCUT2D eigenvalue weighted by Gasteiger charge is -2.48. The molecule has 0 spiro atoms. The lowest BCUT2D eigenvalue weighted by molar-refractivity contribution is -0.128. The number of piperidine rings is 1. The van der Waals surface area contributed by atoms with Crippen molar-refractivity contribution in [3.8, 4) is 6.07 Å². The number of rotatable bonds is 6. The molecular formula is C38H46N6O4P2. The van der Waals surface area contributed by atoms with Crippen molar-refractivity contribution < 1.29 is 19.2 Å². The maximum atomic E-state index is 12.4. The Bertz CT molecular complexity index is 1800. The fourth-order valence-corrected chi connectivity index (χ4v) is 7.55. The van der Waals surface area contributed by atoms with Gasteiger partial charge in [-0.2, -0.15) is 5.26 Å². The maximum Gasteiger partial charge on any atom is 0.260 e. The van der Waals surface area contributed by atoms with Crippen LogP contribution in [0.5, 0.6) is 0 Å². The molecule has 0 bridgehead atoms. The molecule has 4 aliphatic heterocycles. The molecule has 0 radical (unpaired) electrons. The van der Waals surface area contributed by atoms with Crippen LogP contribution in [0.1, 0.15) is 80.9 Å². The first kappa shape index (κ1) is 37.3. The number of carbonyl (C=O) groups excluding carboxylic acids is 4. The molecule has 3 aromatic carbocycles. The van der Waals surface area contributed by atoms with Gasteiger partial charge in [-0.25, -0.2) is 0 Å². The number of hydrogen-bond acceptors (Lipinski definition) is 7. The van der Waals surface area contributed by atoms with Crippen molar-refractivity contribution in [3.05, 3.63) is 106 Å². The van der Waals surface area contributed by atoms with Crippen molar-refractivity contribution >= 4 is 42.4 Å². The highest BCUT2D eigenvalue weighted by molar-refractivity contribution is 7.13. The molecule has 3 aromatic rings. The van der Waals surface area contributed by atoms with Crippen molar-refractivity contribution in [1.82, 2.24) is 24.9 Å². The Morgan fingerprint density at radius 1 is 0.720 bits per heavy atom. The van der Waals surface area contributed by atoms with Crippen LogP contribution < -0.4 is 10.2 Å². The molecule has 12 heteroatoms. The normalized spacial score (nSPS) is 22.1. The second-order valence-electron chi connectivity index (χ2n) is 13.5. The first-order chi connectivity index (χ1) is 24.1. The number of imide groups is 1. The van der Waals surface area contributed by atoms with E-state index in [1.165, 1.54) is 16.9 Å². The zero-order valence-electron chi connectivity index (χ0n) is 28.8. The summed E-state index contributed by atoms with van der Waals surface area (Å²) in [4.78, 5) is 53.6. The third-order valence-corrected chi connectivity index (χ3v) is 10.6. The standard InChI is InChI=1S/C14H17NO.C13H16N3OP.C11H13N2O2P/c1-14-8-4-5-9-15(14)13(16)12-7-3-2-6-11(12)10-14;1-13(9-14)8-10-4-2-3-5-11(10)12(17)16(13)7-6-15-18;14-10-7-8-3-1-2-4-9(8)11(15)13(10)6-5-12-16/h2-3,6-7H,4-5,8-10H2,1H3;2-5,15H,6-8,18H2,1H3;1-4,12H,5-7,16H2. The highest BCUT2D eigenvalue weighted by Gasteiger charge is 2.43. The minimum atomic E-state index is -0.757. The van der Waals surface area contributed by atoms with Crippen LogP contribution in [0.15, 0.2) is 72.8 Å². The molecule has 4 atom stereocenters. The van der Waals surface area contributed by atoms with E-state index in [0.29, 0.717) is 50.1 Å². The van der Waals surface area contributed by atoms with Crippen molar-refractivity contribution in [3.63, 3.8) is 0 Å². The monoisotopic (exact) mass is 712 g/mol. The van der Waals surface area contributed by atoms with Crippen molar-refractivity contribution in [2.75, 3.05) is 32.7 Å². The fourth-order valence-electron chi connectivity index (χ4n) is 7.30. The molecule has 10 nitrogen and oxygen atoms in total. The predicted octanol–water partition coefficient (Wildman–Crippen LogP) is 4.57. The van der Waals surface area contributed by atoms with Gasteiger partial charge in [-0.3, -0.25) is 34.3 Å². The van der Waals surface area contributed by atoms with Gasteiger partial charge in [-0.05, 0) is 74.4 Å². The largest absolute Gasteiger partial charge is 0.333 e. The maximum absolute atomic E-state index is 12.4. The van der Waals surface area contributed by atoms with Gasteiger partial charge in [0.25, 0.3) is 17.7 Å². The topological polar surface area (TPSA) is 126 Å². The summed E-state index contributed by atoms with van der Waals surface area (Å²) in [6.07, 6.45) is 5.48. The highest BCUT2D eigenvalue weighted by Crippen LogP contribution is 2.37. The van der Waals surface area contributed by atoms with Gasteiger partial charge >= 0.3 is 0 Å². The van der Waals surface area contributed by atoms with E-state index in [9.17, 15) is 24.4 Å². The second-order valence-corrected chi connectivity index (χ2v) is 14.3. The van der Waals surface area contributed by atoms with Gasteiger partial charge in [-0.15, -0.1) is 0 Å². The number of benzene rings is 3. The summed E-state index contributed by atoms with van der Waals surface area (Å²) in [6, 6.07) is 25.1. The van der Waals surface area contributed by atoms with Gasteiger partial charge in [0, 0.05) is 61.4 Å². The van der Waals surface area contributed by atoms with Gasteiger partial charge in [0.05, 0.1) is 12.5 Å². The molecule has 4 amide bonds. The minimum absolute atomic E-state index is 0.0545. The summed E-state index contributed by atoms with van der Waals surface area (Å²) in [5.41, 5.74) is 4.61. The Labute approximate surface area is 299 Å². The van der Waals surface area contributed by atoms with E-state index in [0.717, 1.165) is 42.5 Å². The summed E-state index contributed by atoms with van der Waals surface area (Å²) >= 11 is 0. The number of hydrogen-bond donors (Lipinski definition) is 2. The molecule has 0 aliphatic carbocycles. The Balaban J connectivity index is 0.000000146. The van der Waals surface area contributed by atoms with Crippen LogP contribution in [-0.2, 0) is 24.1 Å². The van der Waals surface area contributed by atoms with Crippen LogP contribution in [0.2, 0.25) is 0 Å². The third kappa shape index (κ3) is 7.82. The summed E-state index contributed by atoms with van der Waals surface area (Å²) < 4.78 is 0. The zero-order valence-corrected chi connectivity index (χ0v) is 31.1. The average Bonchev–Trinajstić information content (AvgIpc) is 3.12. The second kappa shape index (κ2) is 16.4. The molecule has 262 valence electrons.